The molecule has 0 spiro atoms. The van der Waals surface area contributed by atoms with Gasteiger partial charge in [0.05, 0.1) is 0 Å². The molecule has 0 bridgehead atoms. The monoisotopic (exact) mass is 209 g/mol. The predicted octanol–water partition coefficient (Wildman–Crippen LogP) is 1.03. The molecule has 1 saturated heterocycles. The van der Waals surface area contributed by atoms with Crippen LogP contribution in [0.15, 0.2) is 4.99 Å². The molecule has 1 unspecified atom stereocenters. The molecule has 0 radical (unpaired) electrons. The summed E-state index contributed by atoms with van der Waals surface area (Å²) in [4.78, 5) is 16.1. The molecule has 2 rings (SSSR count). The number of rotatable bonds is 3. The van der Waals surface area contributed by atoms with Crippen LogP contribution >= 0.6 is 0 Å². The molecule has 2 aliphatic rings. The molecule has 0 aromatic carbocycles. The SMILES string of the molecule is CC(C)N=C1NC(=O)C(C)(CC2CC2)N1. The molecule has 2 N–H and O–H groups in total. The Balaban J connectivity index is 2.05. The van der Waals surface area contributed by atoms with Gasteiger partial charge in [0.2, 0.25) is 0 Å². The Morgan fingerprint density at radius 2 is 2.20 bits per heavy atom. The Kier molecular flexibility index (Phi) is 2.44. The van der Waals surface area contributed by atoms with Gasteiger partial charge in [-0.1, -0.05) is 12.8 Å². The Hall–Kier alpha value is -1.06. The third kappa shape index (κ3) is 2.30. The third-order valence-electron chi connectivity index (χ3n) is 2.91. The molecule has 1 aliphatic carbocycles. The van der Waals surface area contributed by atoms with Crippen LogP contribution in [0.1, 0.15) is 40.0 Å². The molecule has 1 heterocycles. The van der Waals surface area contributed by atoms with Gasteiger partial charge in [-0.15, -0.1) is 0 Å². The molecule has 1 atom stereocenters. The molecule has 4 nitrogen and oxygen atoms in total. The molecule has 1 saturated carbocycles. The van der Waals surface area contributed by atoms with Gasteiger partial charge in [-0.25, -0.2) is 0 Å². The molecule has 84 valence electrons. The molecule has 1 aliphatic heterocycles. The quantitative estimate of drug-likeness (QED) is 0.729. The first-order chi connectivity index (χ1) is 6.99. The van der Waals surface area contributed by atoms with E-state index >= 15 is 0 Å². The average molecular weight is 209 g/mol. The van der Waals surface area contributed by atoms with E-state index in [-0.39, 0.29) is 11.9 Å². The van der Waals surface area contributed by atoms with E-state index in [1.54, 1.807) is 0 Å². The fourth-order valence-electron chi connectivity index (χ4n) is 1.96. The van der Waals surface area contributed by atoms with Gasteiger partial charge in [-0.3, -0.25) is 15.1 Å². The summed E-state index contributed by atoms with van der Waals surface area (Å²) >= 11 is 0. The van der Waals surface area contributed by atoms with Gasteiger partial charge in [0, 0.05) is 6.04 Å². The molecule has 0 aromatic heterocycles. The second kappa shape index (κ2) is 3.51. The number of nitrogens with one attached hydrogen (secondary N) is 2. The minimum Gasteiger partial charge on any atom is -0.342 e. The first-order valence-corrected chi connectivity index (χ1v) is 5.67. The van der Waals surface area contributed by atoms with Crippen LogP contribution in [-0.4, -0.2) is 23.4 Å². The minimum atomic E-state index is -0.436. The number of hydrogen-bond donors (Lipinski definition) is 2. The Morgan fingerprint density at radius 1 is 1.53 bits per heavy atom. The maximum absolute atomic E-state index is 11.8. The van der Waals surface area contributed by atoms with Gasteiger partial charge in [-0.2, -0.15) is 0 Å². The zero-order chi connectivity index (χ0) is 11.1. The highest BCUT2D eigenvalue weighted by Crippen LogP contribution is 2.37. The van der Waals surface area contributed by atoms with Crippen molar-refractivity contribution in [1.29, 1.82) is 0 Å². The van der Waals surface area contributed by atoms with Crippen molar-refractivity contribution in [3.05, 3.63) is 0 Å². The summed E-state index contributed by atoms with van der Waals surface area (Å²) in [6.07, 6.45) is 3.46. The maximum atomic E-state index is 11.8. The van der Waals surface area contributed by atoms with E-state index in [1.165, 1.54) is 12.8 Å². The van der Waals surface area contributed by atoms with Crippen molar-refractivity contribution in [2.24, 2.45) is 10.9 Å². The van der Waals surface area contributed by atoms with Crippen molar-refractivity contribution in [3.63, 3.8) is 0 Å². The van der Waals surface area contributed by atoms with Crippen LogP contribution in [0, 0.1) is 5.92 Å². The molecule has 1 amide bonds. The van der Waals surface area contributed by atoms with Gasteiger partial charge in [0.15, 0.2) is 5.96 Å². The van der Waals surface area contributed by atoms with E-state index in [9.17, 15) is 4.79 Å². The lowest BCUT2D eigenvalue weighted by Crippen LogP contribution is -2.44. The third-order valence-corrected chi connectivity index (χ3v) is 2.91. The van der Waals surface area contributed by atoms with E-state index in [1.807, 2.05) is 20.8 Å². The molecule has 2 fully saturated rings. The summed E-state index contributed by atoms with van der Waals surface area (Å²) in [5, 5.41) is 6.02. The number of carbonyl (C=O) groups is 1. The topological polar surface area (TPSA) is 53.5 Å². The molecular formula is C11H19N3O. The second-order valence-corrected chi connectivity index (χ2v) is 5.13. The second-order valence-electron chi connectivity index (χ2n) is 5.13. The smallest absolute Gasteiger partial charge is 0.252 e. The zero-order valence-electron chi connectivity index (χ0n) is 9.63. The highest BCUT2D eigenvalue weighted by Gasteiger charge is 2.44. The average Bonchev–Trinajstić information content (AvgIpc) is 2.81. The summed E-state index contributed by atoms with van der Waals surface area (Å²) in [6, 6.07) is 0.205. The molecule has 0 aromatic rings. The first-order valence-electron chi connectivity index (χ1n) is 5.67. The van der Waals surface area contributed by atoms with E-state index in [2.05, 4.69) is 15.6 Å². The summed E-state index contributed by atoms with van der Waals surface area (Å²) in [6.45, 7) is 5.96. The lowest BCUT2D eigenvalue weighted by molar-refractivity contribution is -0.123. The van der Waals surface area contributed by atoms with Crippen LogP contribution in [0.5, 0.6) is 0 Å². The summed E-state index contributed by atoms with van der Waals surface area (Å²) in [7, 11) is 0. The summed E-state index contributed by atoms with van der Waals surface area (Å²) in [5.41, 5.74) is -0.436. The maximum Gasteiger partial charge on any atom is 0.252 e. The van der Waals surface area contributed by atoms with E-state index in [0.29, 0.717) is 5.96 Å². The number of aliphatic imine (C=N–C) groups is 1. The first kappa shape index (κ1) is 10.5. The fraction of sp³-hybridized carbons (Fsp3) is 0.818. The Morgan fingerprint density at radius 3 is 2.73 bits per heavy atom. The van der Waals surface area contributed by atoms with Crippen molar-refractivity contribution < 1.29 is 4.79 Å². The number of carbonyl (C=O) groups excluding carboxylic acids is 1. The van der Waals surface area contributed by atoms with Crippen molar-refractivity contribution in [1.82, 2.24) is 10.6 Å². The van der Waals surface area contributed by atoms with E-state index < -0.39 is 5.54 Å². The van der Waals surface area contributed by atoms with Crippen molar-refractivity contribution in [3.8, 4) is 0 Å². The minimum absolute atomic E-state index is 0.0637. The molecule has 15 heavy (non-hydrogen) atoms. The fourth-order valence-corrected chi connectivity index (χ4v) is 1.96. The number of nitrogens with zero attached hydrogens (tertiary/aromatic N) is 1. The summed E-state index contributed by atoms with van der Waals surface area (Å²) < 4.78 is 0. The van der Waals surface area contributed by atoms with Crippen LogP contribution < -0.4 is 10.6 Å². The van der Waals surface area contributed by atoms with Crippen LogP contribution in [-0.2, 0) is 4.79 Å². The van der Waals surface area contributed by atoms with Gasteiger partial charge < -0.3 is 5.32 Å². The largest absolute Gasteiger partial charge is 0.342 e. The van der Waals surface area contributed by atoms with Gasteiger partial charge >= 0.3 is 0 Å². The van der Waals surface area contributed by atoms with E-state index in [0.717, 1.165) is 12.3 Å². The lowest BCUT2D eigenvalue weighted by atomic mass is 9.95. The molecular weight excluding hydrogens is 190 g/mol. The highest BCUT2D eigenvalue weighted by atomic mass is 16.2. The highest BCUT2D eigenvalue weighted by molar-refractivity contribution is 6.08. The Bertz CT molecular complexity index is 307. The van der Waals surface area contributed by atoms with Crippen molar-refractivity contribution in [2.75, 3.05) is 0 Å². The molecule has 4 heteroatoms. The van der Waals surface area contributed by atoms with Crippen LogP contribution in [0.25, 0.3) is 0 Å². The normalized spacial score (nSPS) is 33.3. The van der Waals surface area contributed by atoms with E-state index in [4.69, 9.17) is 0 Å². The van der Waals surface area contributed by atoms with Gasteiger partial charge in [0.1, 0.15) is 5.54 Å². The van der Waals surface area contributed by atoms with Crippen molar-refractivity contribution >= 4 is 11.9 Å². The van der Waals surface area contributed by atoms with Crippen molar-refractivity contribution in [2.45, 2.75) is 51.6 Å². The van der Waals surface area contributed by atoms with Gasteiger partial charge in [-0.05, 0) is 33.1 Å². The van der Waals surface area contributed by atoms with Gasteiger partial charge in [0.25, 0.3) is 5.91 Å². The Labute approximate surface area is 90.5 Å². The summed E-state index contributed by atoms with van der Waals surface area (Å²) in [5.74, 6) is 1.43. The lowest BCUT2D eigenvalue weighted by Gasteiger charge is -2.20. The predicted molar refractivity (Wildman–Crippen MR) is 59.6 cm³/mol. The van der Waals surface area contributed by atoms with Crippen LogP contribution in [0.3, 0.4) is 0 Å². The number of hydrogen-bond acceptors (Lipinski definition) is 2. The van der Waals surface area contributed by atoms with Crippen LogP contribution in [0.2, 0.25) is 0 Å². The zero-order valence-corrected chi connectivity index (χ0v) is 9.63. The standard InChI is InChI=1S/C11H19N3O/c1-7(2)12-10-13-9(15)11(3,14-10)6-8-4-5-8/h7-8H,4-6H2,1-3H3,(H2,12,13,14,15). The number of amides is 1. The number of guanidine groups is 1. The van der Waals surface area contributed by atoms with Crippen LogP contribution in [0.4, 0.5) is 0 Å².